The van der Waals surface area contributed by atoms with Crippen molar-refractivity contribution in [3.63, 3.8) is 0 Å². The second kappa shape index (κ2) is 6.85. The van der Waals surface area contributed by atoms with Gasteiger partial charge in [0.2, 0.25) is 0 Å². The minimum atomic E-state index is -0.193. The highest BCUT2D eigenvalue weighted by Crippen LogP contribution is 2.58. The number of aryl methyl sites for hydroxylation is 1. The first-order valence-electron chi connectivity index (χ1n) is 8.87. The van der Waals surface area contributed by atoms with E-state index >= 15 is 0 Å². The van der Waals surface area contributed by atoms with E-state index in [2.05, 4.69) is 6.92 Å². The molecule has 2 heteroatoms. The summed E-state index contributed by atoms with van der Waals surface area (Å²) in [6.45, 7) is 8.33. The number of fused-ring (bicyclic) bond motifs is 3. The van der Waals surface area contributed by atoms with E-state index in [0.717, 1.165) is 19.3 Å². The number of ether oxygens (including phenoxy) is 1. The van der Waals surface area contributed by atoms with E-state index in [9.17, 15) is 4.79 Å². The fourth-order valence-electron chi connectivity index (χ4n) is 3.92. The van der Waals surface area contributed by atoms with E-state index in [0.29, 0.717) is 11.2 Å². The average Bonchev–Trinajstić information content (AvgIpc) is 2.60. The summed E-state index contributed by atoms with van der Waals surface area (Å²) in [6.07, 6.45) is 7.92. The zero-order valence-corrected chi connectivity index (χ0v) is 14.6. The van der Waals surface area contributed by atoms with Crippen LogP contribution in [0.2, 0.25) is 0 Å². The van der Waals surface area contributed by atoms with Crippen molar-refractivity contribution in [2.75, 3.05) is 0 Å². The van der Waals surface area contributed by atoms with Gasteiger partial charge in [0, 0.05) is 0 Å². The van der Waals surface area contributed by atoms with Crippen LogP contribution in [-0.4, -0.2) is 5.97 Å². The number of benzene rings is 1. The lowest BCUT2D eigenvalue weighted by atomic mass is 9.53. The van der Waals surface area contributed by atoms with Gasteiger partial charge >= 0.3 is 5.97 Å². The van der Waals surface area contributed by atoms with E-state index in [1.54, 1.807) is 0 Å². The van der Waals surface area contributed by atoms with Gasteiger partial charge < -0.3 is 4.74 Å². The number of carbonyl (C=O) groups excluding carboxylic acids is 1. The number of esters is 1. The molecule has 3 aliphatic carbocycles. The molecule has 3 aliphatic rings. The molecule has 1 aromatic rings. The van der Waals surface area contributed by atoms with Crippen molar-refractivity contribution in [3.05, 3.63) is 29.8 Å². The van der Waals surface area contributed by atoms with Gasteiger partial charge in [0.05, 0.1) is 5.41 Å². The predicted molar refractivity (Wildman–Crippen MR) is 91.0 cm³/mol. The van der Waals surface area contributed by atoms with Gasteiger partial charge in [-0.1, -0.05) is 44.9 Å². The Morgan fingerprint density at radius 1 is 1.00 bits per heavy atom. The van der Waals surface area contributed by atoms with Gasteiger partial charge in [0.1, 0.15) is 5.75 Å². The van der Waals surface area contributed by atoms with Crippen molar-refractivity contribution >= 4 is 5.97 Å². The third-order valence-electron chi connectivity index (χ3n) is 5.82. The van der Waals surface area contributed by atoms with Crippen molar-refractivity contribution in [1.29, 1.82) is 0 Å². The molecule has 0 atom stereocenters. The molecular formula is C20H30O2. The number of carbonyl (C=O) groups is 1. The van der Waals surface area contributed by atoms with Crippen LogP contribution < -0.4 is 4.74 Å². The summed E-state index contributed by atoms with van der Waals surface area (Å²) in [5.74, 6) is 0.693. The highest BCUT2D eigenvalue weighted by molar-refractivity contribution is 5.79. The Kier molecular flexibility index (Phi) is 5.31. The minimum Gasteiger partial charge on any atom is -0.426 e. The monoisotopic (exact) mass is 302 g/mol. The van der Waals surface area contributed by atoms with Crippen molar-refractivity contribution in [2.24, 2.45) is 10.8 Å². The molecule has 0 spiro atoms. The fourth-order valence-corrected chi connectivity index (χ4v) is 3.92. The van der Waals surface area contributed by atoms with Crippen LogP contribution in [0, 0.1) is 17.8 Å². The van der Waals surface area contributed by atoms with Gasteiger partial charge in [-0.05, 0) is 63.0 Å². The number of rotatable bonds is 3. The van der Waals surface area contributed by atoms with Crippen LogP contribution >= 0.6 is 0 Å². The first kappa shape index (κ1) is 17.1. The van der Waals surface area contributed by atoms with Crippen LogP contribution in [0.15, 0.2) is 24.3 Å². The molecule has 3 saturated carbocycles. The lowest BCUT2D eigenvalue weighted by molar-refractivity contribution is -0.155. The molecule has 0 aromatic heterocycles. The molecule has 0 radical (unpaired) electrons. The molecule has 0 unspecified atom stereocenters. The van der Waals surface area contributed by atoms with Crippen LogP contribution in [0.4, 0.5) is 0 Å². The summed E-state index contributed by atoms with van der Waals surface area (Å²) in [6, 6.07) is 7.77. The van der Waals surface area contributed by atoms with E-state index < -0.39 is 0 Å². The fraction of sp³-hybridized carbons (Fsp3) is 0.650. The van der Waals surface area contributed by atoms with Gasteiger partial charge in [-0.3, -0.25) is 4.79 Å². The molecule has 0 amide bonds. The summed E-state index contributed by atoms with van der Waals surface area (Å²) >= 11 is 0. The molecular weight excluding hydrogens is 272 g/mol. The largest absolute Gasteiger partial charge is 0.426 e. The molecule has 4 rings (SSSR count). The normalized spacial score (nSPS) is 29.5. The summed E-state index contributed by atoms with van der Waals surface area (Å²) in [7, 11) is 0. The van der Waals surface area contributed by atoms with Crippen molar-refractivity contribution in [2.45, 2.75) is 72.6 Å². The average molecular weight is 302 g/mol. The molecule has 2 bridgehead atoms. The van der Waals surface area contributed by atoms with E-state index in [1.165, 1.54) is 31.2 Å². The quantitative estimate of drug-likeness (QED) is 0.530. The highest BCUT2D eigenvalue weighted by atomic mass is 16.5. The van der Waals surface area contributed by atoms with Crippen LogP contribution in [0.3, 0.4) is 0 Å². The maximum Gasteiger partial charge on any atom is 0.317 e. The topological polar surface area (TPSA) is 26.3 Å². The van der Waals surface area contributed by atoms with Crippen molar-refractivity contribution in [3.8, 4) is 5.75 Å². The smallest absolute Gasteiger partial charge is 0.317 e. The number of hydrogen-bond donors (Lipinski definition) is 0. The molecule has 0 heterocycles. The first-order valence-corrected chi connectivity index (χ1v) is 8.87. The minimum absolute atomic E-state index is 0.00533. The van der Waals surface area contributed by atoms with Gasteiger partial charge in [0.25, 0.3) is 0 Å². The van der Waals surface area contributed by atoms with Gasteiger partial charge in [0.15, 0.2) is 0 Å². The van der Waals surface area contributed by atoms with Crippen LogP contribution in [0.1, 0.15) is 71.3 Å². The molecule has 1 aromatic carbocycles. The summed E-state index contributed by atoms with van der Waals surface area (Å²) < 4.78 is 5.66. The Morgan fingerprint density at radius 3 is 1.95 bits per heavy atom. The Labute approximate surface area is 135 Å². The van der Waals surface area contributed by atoms with Crippen molar-refractivity contribution < 1.29 is 9.53 Å². The van der Waals surface area contributed by atoms with E-state index in [-0.39, 0.29) is 11.4 Å². The molecule has 2 nitrogen and oxygen atoms in total. The maximum absolute atomic E-state index is 12.6. The predicted octanol–water partition coefficient (Wildman–Crippen LogP) is 5.68. The van der Waals surface area contributed by atoms with E-state index in [4.69, 9.17) is 4.74 Å². The van der Waals surface area contributed by atoms with Gasteiger partial charge in [-0.2, -0.15) is 0 Å². The zero-order chi connectivity index (χ0) is 16.2. The SMILES string of the molecule is CC.CCC12CCC(C(=O)Oc3ccc(C)cc3)(CC1)CC2. The van der Waals surface area contributed by atoms with Gasteiger partial charge in [-0.15, -0.1) is 0 Å². The Hall–Kier alpha value is -1.31. The second-order valence-corrected chi connectivity index (χ2v) is 6.84. The van der Waals surface area contributed by atoms with Crippen LogP contribution in [-0.2, 0) is 4.79 Å². The lowest BCUT2D eigenvalue weighted by Crippen LogP contribution is -2.47. The summed E-state index contributed by atoms with van der Waals surface area (Å²) in [5, 5.41) is 0. The Balaban J connectivity index is 0.000000847. The van der Waals surface area contributed by atoms with E-state index in [1.807, 2.05) is 45.0 Å². The Bertz CT molecular complexity index is 476. The second-order valence-electron chi connectivity index (χ2n) is 6.84. The highest BCUT2D eigenvalue weighted by Gasteiger charge is 2.52. The molecule has 3 fully saturated rings. The van der Waals surface area contributed by atoms with Crippen molar-refractivity contribution in [1.82, 2.24) is 0 Å². The molecule has 22 heavy (non-hydrogen) atoms. The Morgan fingerprint density at radius 2 is 1.50 bits per heavy atom. The summed E-state index contributed by atoms with van der Waals surface area (Å²) in [5.41, 5.74) is 1.53. The van der Waals surface area contributed by atoms with Gasteiger partial charge in [-0.25, -0.2) is 0 Å². The molecule has 122 valence electrons. The zero-order valence-electron chi connectivity index (χ0n) is 14.6. The lowest BCUT2D eigenvalue weighted by Gasteiger charge is -2.51. The third-order valence-corrected chi connectivity index (χ3v) is 5.82. The third kappa shape index (κ3) is 3.21. The molecule has 0 aliphatic heterocycles. The summed E-state index contributed by atoms with van der Waals surface area (Å²) in [4.78, 5) is 12.6. The maximum atomic E-state index is 12.6. The van der Waals surface area contributed by atoms with Crippen LogP contribution in [0.25, 0.3) is 0 Å². The molecule has 0 N–H and O–H groups in total. The van der Waals surface area contributed by atoms with Crippen LogP contribution in [0.5, 0.6) is 5.75 Å². The molecule has 0 saturated heterocycles. The number of hydrogen-bond acceptors (Lipinski definition) is 2. The standard InChI is InChI=1S/C18H24O2.C2H6/c1-3-17-8-11-18(12-9-17,13-10-17)16(19)20-15-6-4-14(2)5-7-15;1-2/h4-7H,3,8-13H2,1-2H3;1-2H3. The first-order chi connectivity index (χ1) is 10.6.